The predicted molar refractivity (Wildman–Crippen MR) is 49.6 cm³/mol. The number of ether oxygens (including phenoxy) is 1. The lowest BCUT2D eigenvalue weighted by Gasteiger charge is -2.05. The van der Waals surface area contributed by atoms with E-state index in [4.69, 9.17) is 0 Å². The highest BCUT2D eigenvalue weighted by Gasteiger charge is 2.39. The molecule has 0 fully saturated rings. The summed E-state index contributed by atoms with van der Waals surface area (Å²) >= 11 is 0. The molecule has 1 aromatic rings. The lowest BCUT2D eigenvalue weighted by atomic mass is 10.2. The van der Waals surface area contributed by atoms with Gasteiger partial charge in [0, 0.05) is 6.07 Å². The average Bonchev–Trinajstić information content (AvgIpc) is 2.59. The first kappa shape index (κ1) is 13.3. The Morgan fingerprint density at radius 1 is 1.47 bits per heavy atom. The molecule has 17 heavy (non-hydrogen) atoms. The molecule has 0 bridgehead atoms. The van der Waals surface area contributed by atoms with Gasteiger partial charge in [0.25, 0.3) is 0 Å². The number of carbonyl (C=O) groups excluding carboxylic acids is 2. The maximum Gasteiger partial charge on any atom is 0.450 e. The summed E-state index contributed by atoms with van der Waals surface area (Å²) in [6, 6.07) is 0.709. The van der Waals surface area contributed by atoms with Crippen LogP contribution in [0, 0.1) is 0 Å². The van der Waals surface area contributed by atoms with Crippen LogP contribution in [0.1, 0.15) is 40.5 Å². The van der Waals surface area contributed by atoms with Crippen molar-refractivity contribution in [2.45, 2.75) is 26.1 Å². The SMILES string of the molecule is CC(C)OC(=O)c1cc(C=O)c(C(F)(F)F)o1. The third-order valence-corrected chi connectivity index (χ3v) is 1.69. The topological polar surface area (TPSA) is 56.5 Å². The van der Waals surface area contributed by atoms with Gasteiger partial charge in [-0.3, -0.25) is 4.79 Å². The van der Waals surface area contributed by atoms with Crippen molar-refractivity contribution >= 4 is 12.3 Å². The largest absolute Gasteiger partial charge is 0.457 e. The zero-order chi connectivity index (χ0) is 13.2. The summed E-state index contributed by atoms with van der Waals surface area (Å²) in [5.74, 6) is -3.19. The van der Waals surface area contributed by atoms with E-state index in [9.17, 15) is 22.8 Å². The van der Waals surface area contributed by atoms with Gasteiger partial charge in [0.05, 0.1) is 11.7 Å². The predicted octanol–water partition coefficient (Wildman–Crippen LogP) is 2.68. The quantitative estimate of drug-likeness (QED) is 0.611. The fourth-order valence-electron chi connectivity index (χ4n) is 1.09. The van der Waals surface area contributed by atoms with Crippen LogP contribution in [0.3, 0.4) is 0 Å². The van der Waals surface area contributed by atoms with Gasteiger partial charge in [-0.05, 0) is 13.8 Å². The third kappa shape index (κ3) is 3.08. The molecule has 7 heteroatoms. The number of rotatable bonds is 3. The summed E-state index contributed by atoms with van der Waals surface area (Å²) in [4.78, 5) is 21.7. The standard InChI is InChI=1S/C10H9F3O4/c1-5(2)16-9(15)7-3-6(4-14)8(17-7)10(11,12)13/h3-5H,1-2H3. The summed E-state index contributed by atoms with van der Waals surface area (Å²) < 4.78 is 46.1. The van der Waals surface area contributed by atoms with Crippen LogP contribution >= 0.6 is 0 Å². The van der Waals surface area contributed by atoms with Crippen molar-refractivity contribution < 1.29 is 31.9 Å². The third-order valence-electron chi connectivity index (χ3n) is 1.69. The minimum atomic E-state index is -4.83. The molecule has 0 N–H and O–H groups in total. The molecule has 0 saturated heterocycles. The van der Waals surface area contributed by atoms with Crippen molar-refractivity contribution in [3.63, 3.8) is 0 Å². The molecule has 0 amide bonds. The van der Waals surface area contributed by atoms with Crippen molar-refractivity contribution in [3.05, 3.63) is 23.2 Å². The Labute approximate surface area is 94.3 Å². The minimum absolute atomic E-state index is 0.0293. The Bertz CT molecular complexity index is 431. The summed E-state index contributed by atoms with van der Waals surface area (Å²) in [6.45, 7) is 3.07. The Kier molecular flexibility index (Phi) is 3.59. The molecule has 0 spiro atoms. The molecular formula is C10H9F3O4. The molecule has 1 aromatic heterocycles. The fourth-order valence-corrected chi connectivity index (χ4v) is 1.09. The molecule has 0 unspecified atom stereocenters. The van der Waals surface area contributed by atoms with Crippen LogP contribution in [0.4, 0.5) is 13.2 Å². The van der Waals surface area contributed by atoms with Gasteiger partial charge in [0.15, 0.2) is 6.29 Å². The van der Waals surface area contributed by atoms with Crippen molar-refractivity contribution in [3.8, 4) is 0 Å². The fraction of sp³-hybridized carbons (Fsp3) is 0.400. The van der Waals surface area contributed by atoms with Gasteiger partial charge in [-0.25, -0.2) is 4.79 Å². The van der Waals surface area contributed by atoms with E-state index in [2.05, 4.69) is 9.15 Å². The van der Waals surface area contributed by atoms with E-state index in [1.807, 2.05) is 0 Å². The smallest absolute Gasteiger partial charge is 0.450 e. The number of halogens is 3. The van der Waals surface area contributed by atoms with E-state index in [-0.39, 0.29) is 6.29 Å². The molecule has 0 saturated carbocycles. The van der Waals surface area contributed by atoms with E-state index < -0.39 is 35.3 Å². The van der Waals surface area contributed by atoms with E-state index in [0.29, 0.717) is 6.07 Å². The van der Waals surface area contributed by atoms with E-state index >= 15 is 0 Å². The molecule has 0 atom stereocenters. The molecule has 0 radical (unpaired) electrons. The first-order chi connectivity index (χ1) is 7.75. The number of carbonyl (C=O) groups is 2. The van der Waals surface area contributed by atoms with Crippen LogP contribution in [0.25, 0.3) is 0 Å². The second-order valence-electron chi connectivity index (χ2n) is 3.46. The molecule has 1 heterocycles. The zero-order valence-electron chi connectivity index (χ0n) is 9.00. The highest BCUT2D eigenvalue weighted by molar-refractivity contribution is 5.89. The highest BCUT2D eigenvalue weighted by atomic mass is 19.4. The summed E-state index contributed by atoms with van der Waals surface area (Å²) in [6.07, 6.45) is -5.35. The van der Waals surface area contributed by atoms with E-state index in [1.54, 1.807) is 0 Å². The maximum atomic E-state index is 12.4. The Morgan fingerprint density at radius 3 is 2.41 bits per heavy atom. The number of hydrogen-bond acceptors (Lipinski definition) is 4. The lowest BCUT2D eigenvalue weighted by Crippen LogP contribution is -2.11. The first-order valence-electron chi connectivity index (χ1n) is 4.63. The number of esters is 1. The number of hydrogen-bond donors (Lipinski definition) is 0. The Morgan fingerprint density at radius 2 is 2.06 bits per heavy atom. The van der Waals surface area contributed by atoms with Crippen LogP contribution in [0.15, 0.2) is 10.5 Å². The van der Waals surface area contributed by atoms with Gasteiger partial charge in [0.2, 0.25) is 11.5 Å². The van der Waals surface area contributed by atoms with E-state index in [1.165, 1.54) is 13.8 Å². The Hall–Kier alpha value is -1.79. The van der Waals surface area contributed by atoms with Gasteiger partial charge in [0.1, 0.15) is 0 Å². The van der Waals surface area contributed by atoms with Crippen molar-refractivity contribution in [2.75, 3.05) is 0 Å². The average molecular weight is 250 g/mol. The lowest BCUT2D eigenvalue weighted by molar-refractivity contribution is -0.153. The van der Waals surface area contributed by atoms with Gasteiger partial charge >= 0.3 is 12.1 Å². The van der Waals surface area contributed by atoms with Crippen molar-refractivity contribution in [2.24, 2.45) is 0 Å². The minimum Gasteiger partial charge on any atom is -0.457 e. The number of aldehydes is 1. The second kappa shape index (κ2) is 4.60. The van der Waals surface area contributed by atoms with Crippen LogP contribution in [-0.2, 0) is 10.9 Å². The molecule has 4 nitrogen and oxygen atoms in total. The molecule has 0 aromatic carbocycles. The molecule has 94 valence electrons. The molecule has 0 aliphatic rings. The Balaban J connectivity index is 3.09. The molecule has 0 aliphatic heterocycles. The van der Waals surface area contributed by atoms with Crippen LogP contribution in [0.5, 0.6) is 0 Å². The first-order valence-corrected chi connectivity index (χ1v) is 4.63. The van der Waals surface area contributed by atoms with Crippen molar-refractivity contribution in [1.29, 1.82) is 0 Å². The monoisotopic (exact) mass is 250 g/mol. The second-order valence-corrected chi connectivity index (χ2v) is 3.46. The highest BCUT2D eigenvalue weighted by Crippen LogP contribution is 2.33. The normalized spacial score (nSPS) is 11.6. The molecule has 0 aliphatic carbocycles. The van der Waals surface area contributed by atoms with Crippen LogP contribution in [-0.4, -0.2) is 18.4 Å². The van der Waals surface area contributed by atoms with Crippen LogP contribution < -0.4 is 0 Å². The summed E-state index contributed by atoms with van der Waals surface area (Å²) in [5, 5.41) is 0. The van der Waals surface area contributed by atoms with E-state index in [0.717, 1.165) is 0 Å². The summed E-state index contributed by atoms with van der Waals surface area (Å²) in [7, 11) is 0. The number of furan rings is 1. The maximum absolute atomic E-state index is 12.4. The zero-order valence-corrected chi connectivity index (χ0v) is 9.00. The van der Waals surface area contributed by atoms with Gasteiger partial charge < -0.3 is 9.15 Å². The van der Waals surface area contributed by atoms with Gasteiger partial charge in [-0.2, -0.15) is 13.2 Å². The molecular weight excluding hydrogens is 241 g/mol. The van der Waals surface area contributed by atoms with Crippen molar-refractivity contribution in [1.82, 2.24) is 0 Å². The van der Waals surface area contributed by atoms with Crippen LogP contribution in [0.2, 0.25) is 0 Å². The summed E-state index contributed by atoms with van der Waals surface area (Å²) in [5.41, 5.74) is -0.729. The van der Waals surface area contributed by atoms with Gasteiger partial charge in [-0.15, -0.1) is 0 Å². The number of alkyl halides is 3. The molecule has 1 rings (SSSR count). The van der Waals surface area contributed by atoms with Gasteiger partial charge in [-0.1, -0.05) is 0 Å².